The molecule has 0 spiro atoms. The lowest BCUT2D eigenvalue weighted by Gasteiger charge is -2.38. The van der Waals surface area contributed by atoms with Crippen LogP contribution in [0.1, 0.15) is 56.5 Å². The van der Waals surface area contributed by atoms with Crippen LogP contribution in [-0.4, -0.2) is 70.3 Å². The monoisotopic (exact) mass is 514 g/mol. The molecule has 0 radical (unpaired) electrons. The number of carbonyl (C=O) groups is 2. The number of hydrogen-bond donors (Lipinski definition) is 3. The maximum atomic E-state index is 13.4. The fraction of sp³-hybridized carbons (Fsp3) is 0.480. The highest BCUT2D eigenvalue weighted by molar-refractivity contribution is 7.13. The quantitative estimate of drug-likeness (QED) is 0.467. The number of nitrogens with two attached hydrogens (primary N) is 1. The second-order valence-corrected chi connectivity index (χ2v) is 11.0. The lowest BCUT2D eigenvalue weighted by atomic mass is 9.89. The number of rotatable bonds is 6. The third-order valence-electron chi connectivity index (χ3n) is 7.13. The van der Waals surface area contributed by atoms with Gasteiger partial charge in [-0.1, -0.05) is 24.4 Å². The van der Waals surface area contributed by atoms with Gasteiger partial charge < -0.3 is 20.9 Å². The summed E-state index contributed by atoms with van der Waals surface area (Å²) in [6, 6.07) is 7.13. The minimum Gasteiger partial charge on any atom is -0.351 e. The molecule has 3 heterocycles. The summed E-state index contributed by atoms with van der Waals surface area (Å²) in [7, 11) is 1.84. The van der Waals surface area contributed by atoms with E-state index in [0.29, 0.717) is 22.3 Å². The maximum Gasteiger partial charge on any atom is 0.282 e. The molecule has 1 fully saturated rings. The Morgan fingerprint density at radius 3 is 2.97 bits per heavy atom. The van der Waals surface area contributed by atoms with Crippen molar-refractivity contribution in [1.82, 2.24) is 25.1 Å². The molecule has 0 saturated heterocycles. The molecule has 5 rings (SSSR count). The van der Waals surface area contributed by atoms with Gasteiger partial charge in [-0.15, -0.1) is 11.3 Å². The number of benzene rings is 1. The van der Waals surface area contributed by atoms with Gasteiger partial charge in [-0.05, 0) is 37.1 Å². The zero-order valence-electron chi connectivity index (χ0n) is 19.8. The summed E-state index contributed by atoms with van der Waals surface area (Å²) in [5.74, 6) is -0.235. The van der Waals surface area contributed by atoms with Crippen molar-refractivity contribution in [2.24, 2.45) is 5.73 Å². The molecule has 0 unspecified atom stereocenters. The summed E-state index contributed by atoms with van der Waals surface area (Å²) in [5, 5.41) is 5.25. The number of H-pyrrole nitrogens is 1. The topological polar surface area (TPSA) is 107 Å². The standard InChI is InChI=1S/C25H31ClN6O2S/c1-31(25(34)24-30-19-8-10-32(11-9-27)14-22(19)35-24)21-5-3-2-4-18(21)29-23(33)20-13-15-12-16(26)6-7-17(15)28-20/h6-7,12-13,18,21,28H,2-5,8-11,14,27H2,1H3,(H,29,33)/t18-,21+/m0/s1. The van der Waals surface area contributed by atoms with Gasteiger partial charge in [-0.25, -0.2) is 4.98 Å². The van der Waals surface area contributed by atoms with Gasteiger partial charge in [0.25, 0.3) is 11.8 Å². The molecule has 1 aliphatic heterocycles. The molecule has 8 nitrogen and oxygen atoms in total. The molecule has 3 aromatic rings. The molecule has 10 heteroatoms. The van der Waals surface area contributed by atoms with Crippen molar-refractivity contribution in [3.8, 4) is 0 Å². The largest absolute Gasteiger partial charge is 0.351 e. The van der Waals surface area contributed by atoms with Crippen molar-refractivity contribution in [2.45, 2.75) is 50.7 Å². The lowest BCUT2D eigenvalue weighted by Crippen LogP contribution is -2.53. The Hall–Kier alpha value is -2.46. The zero-order valence-corrected chi connectivity index (χ0v) is 21.4. The number of nitrogens with zero attached hydrogens (tertiary/aromatic N) is 3. The molecule has 2 aromatic heterocycles. The summed E-state index contributed by atoms with van der Waals surface area (Å²) in [5.41, 5.74) is 8.11. The first-order chi connectivity index (χ1) is 16.9. The van der Waals surface area contributed by atoms with E-state index in [2.05, 4.69) is 15.2 Å². The van der Waals surface area contributed by atoms with Gasteiger partial charge in [-0.3, -0.25) is 14.5 Å². The number of likely N-dealkylation sites (N-methyl/N-ethyl adjacent to an activating group) is 1. The highest BCUT2D eigenvalue weighted by atomic mass is 35.5. The van der Waals surface area contributed by atoms with Crippen LogP contribution in [0.3, 0.4) is 0 Å². The fourth-order valence-electron chi connectivity index (χ4n) is 5.23. The lowest BCUT2D eigenvalue weighted by molar-refractivity contribution is 0.0625. The van der Waals surface area contributed by atoms with E-state index < -0.39 is 0 Å². The van der Waals surface area contributed by atoms with Crippen LogP contribution in [-0.2, 0) is 13.0 Å². The summed E-state index contributed by atoms with van der Waals surface area (Å²) in [6.07, 6.45) is 4.59. The first-order valence-corrected chi connectivity index (χ1v) is 13.4. The van der Waals surface area contributed by atoms with Crippen molar-refractivity contribution in [3.05, 3.63) is 50.6 Å². The van der Waals surface area contributed by atoms with E-state index in [1.165, 1.54) is 11.3 Å². The number of aromatic nitrogens is 2. The van der Waals surface area contributed by atoms with Gasteiger partial charge in [0.1, 0.15) is 5.69 Å². The Morgan fingerprint density at radius 1 is 1.31 bits per heavy atom. The van der Waals surface area contributed by atoms with Crippen molar-refractivity contribution < 1.29 is 9.59 Å². The van der Waals surface area contributed by atoms with Crippen LogP contribution in [0.4, 0.5) is 0 Å². The second kappa shape index (κ2) is 10.3. The predicted molar refractivity (Wildman–Crippen MR) is 139 cm³/mol. The second-order valence-electron chi connectivity index (χ2n) is 9.47. The summed E-state index contributed by atoms with van der Waals surface area (Å²) in [6.45, 7) is 3.21. The molecule has 1 aliphatic carbocycles. The highest BCUT2D eigenvalue weighted by Crippen LogP contribution is 2.29. The number of thiazole rings is 1. The smallest absolute Gasteiger partial charge is 0.282 e. The Labute approximate surface area is 213 Å². The van der Waals surface area contributed by atoms with Crippen LogP contribution in [0.5, 0.6) is 0 Å². The van der Waals surface area contributed by atoms with Crippen LogP contribution < -0.4 is 11.1 Å². The van der Waals surface area contributed by atoms with Crippen LogP contribution in [0.25, 0.3) is 10.9 Å². The number of carbonyl (C=O) groups excluding carboxylic acids is 2. The molecule has 1 saturated carbocycles. The van der Waals surface area contributed by atoms with Gasteiger partial charge in [0.05, 0.1) is 11.7 Å². The Bertz CT molecular complexity index is 1240. The highest BCUT2D eigenvalue weighted by Gasteiger charge is 2.34. The third-order valence-corrected chi connectivity index (χ3v) is 8.44. The number of halogens is 1. The third kappa shape index (κ3) is 5.09. The number of hydrogen-bond acceptors (Lipinski definition) is 6. The molecule has 2 amide bonds. The van der Waals surface area contributed by atoms with E-state index in [4.69, 9.17) is 22.3 Å². The normalized spacial score (nSPS) is 20.5. The number of amides is 2. The molecule has 186 valence electrons. The van der Waals surface area contributed by atoms with Gasteiger partial charge in [0.2, 0.25) is 0 Å². The minimum absolute atomic E-state index is 0.0684. The number of nitrogens with one attached hydrogen (secondary N) is 2. The molecular weight excluding hydrogens is 484 g/mol. The SMILES string of the molecule is CN(C(=O)c1nc2c(s1)CN(CCN)CC2)[C@@H]1CCCC[C@@H]1NC(=O)c1cc2cc(Cl)ccc2[nH]1. The summed E-state index contributed by atoms with van der Waals surface area (Å²) in [4.78, 5) is 39.6. The molecule has 2 atom stereocenters. The molecular formula is C25H31ClN6O2S. The van der Waals surface area contributed by atoms with Gasteiger partial charge in [0, 0.05) is 66.5 Å². The van der Waals surface area contributed by atoms with Crippen LogP contribution in [0.2, 0.25) is 5.02 Å². The average molecular weight is 515 g/mol. The number of aromatic amines is 1. The van der Waals surface area contributed by atoms with E-state index in [0.717, 1.165) is 73.2 Å². The van der Waals surface area contributed by atoms with Crippen molar-refractivity contribution in [1.29, 1.82) is 0 Å². The summed E-state index contributed by atoms with van der Waals surface area (Å²) < 4.78 is 0. The van der Waals surface area contributed by atoms with Crippen molar-refractivity contribution >= 4 is 45.7 Å². The van der Waals surface area contributed by atoms with E-state index in [-0.39, 0.29) is 23.9 Å². The molecule has 35 heavy (non-hydrogen) atoms. The zero-order chi connectivity index (χ0) is 24.5. The van der Waals surface area contributed by atoms with Gasteiger partial charge >= 0.3 is 0 Å². The Kier molecular flexibility index (Phi) is 7.11. The molecule has 4 N–H and O–H groups in total. The van der Waals surface area contributed by atoms with Crippen LogP contribution >= 0.6 is 22.9 Å². The van der Waals surface area contributed by atoms with E-state index in [9.17, 15) is 9.59 Å². The molecule has 2 aliphatic rings. The maximum absolute atomic E-state index is 13.4. The Balaban J connectivity index is 1.29. The van der Waals surface area contributed by atoms with Crippen molar-refractivity contribution in [3.63, 3.8) is 0 Å². The average Bonchev–Trinajstić information content (AvgIpc) is 3.47. The number of fused-ring (bicyclic) bond motifs is 2. The predicted octanol–water partition coefficient (Wildman–Crippen LogP) is 3.41. The van der Waals surface area contributed by atoms with Crippen LogP contribution in [0.15, 0.2) is 24.3 Å². The summed E-state index contributed by atoms with van der Waals surface area (Å²) >= 11 is 7.58. The van der Waals surface area contributed by atoms with Crippen molar-refractivity contribution in [2.75, 3.05) is 26.7 Å². The van der Waals surface area contributed by atoms with Gasteiger partial charge in [0.15, 0.2) is 5.01 Å². The van der Waals surface area contributed by atoms with Crippen LogP contribution in [0, 0.1) is 0 Å². The first-order valence-electron chi connectivity index (χ1n) is 12.2. The minimum atomic E-state index is -0.167. The first kappa shape index (κ1) is 24.2. The Morgan fingerprint density at radius 2 is 2.14 bits per heavy atom. The molecule has 1 aromatic carbocycles. The molecule has 0 bridgehead atoms. The van der Waals surface area contributed by atoms with Gasteiger partial charge in [-0.2, -0.15) is 0 Å². The van der Waals surface area contributed by atoms with E-state index >= 15 is 0 Å². The fourth-order valence-corrected chi connectivity index (χ4v) is 6.54. The van der Waals surface area contributed by atoms with E-state index in [1.54, 1.807) is 11.0 Å². The van der Waals surface area contributed by atoms with E-state index in [1.807, 2.05) is 25.2 Å².